The van der Waals surface area contributed by atoms with E-state index in [0.717, 1.165) is 12.0 Å². The summed E-state index contributed by atoms with van der Waals surface area (Å²) in [7, 11) is 0. The van der Waals surface area contributed by atoms with Crippen LogP contribution in [0.2, 0.25) is 0 Å². The number of benzene rings is 1. The zero-order valence-corrected chi connectivity index (χ0v) is 14.3. The fourth-order valence-corrected chi connectivity index (χ4v) is 2.63. The van der Waals surface area contributed by atoms with Crippen LogP contribution in [0.25, 0.3) is 0 Å². The zero-order valence-electron chi connectivity index (χ0n) is 13.5. The van der Waals surface area contributed by atoms with Gasteiger partial charge in [-0.3, -0.25) is 9.69 Å². The Hall–Kier alpha value is -1.31. The summed E-state index contributed by atoms with van der Waals surface area (Å²) in [6.07, 6.45) is -3.52. The zero-order chi connectivity index (χ0) is 16.9. The molecular formula is C16H23ClF3N3O. The lowest BCUT2D eigenvalue weighted by Crippen LogP contribution is -2.57. The van der Waals surface area contributed by atoms with Crippen molar-refractivity contribution < 1.29 is 18.0 Å². The van der Waals surface area contributed by atoms with E-state index in [1.165, 1.54) is 4.90 Å². The van der Waals surface area contributed by atoms with Crippen LogP contribution in [0.5, 0.6) is 0 Å². The minimum atomic E-state index is -4.36. The molecule has 4 nitrogen and oxygen atoms in total. The van der Waals surface area contributed by atoms with Crippen LogP contribution in [-0.4, -0.2) is 55.7 Å². The van der Waals surface area contributed by atoms with E-state index in [9.17, 15) is 18.0 Å². The SMILES string of the molecule is CCc1ccc(C(=O)NCC(N2CCNCC2)C(F)(F)F)cc1.Cl. The maximum Gasteiger partial charge on any atom is 0.405 e. The number of carbonyl (C=O) groups is 1. The van der Waals surface area contributed by atoms with Gasteiger partial charge < -0.3 is 10.6 Å². The Labute approximate surface area is 146 Å². The molecule has 1 amide bonds. The summed E-state index contributed by atoms with van der Waals surface area (Å²) in [5.41, 5.74) is 1.46. The van der Waals surface area contributed by atoms with Crippen LogP contribution in [0.15, 0.2) is 24.3 Å². The molecule has 0 spiro atoms. The number of piperazine rings is 1. The van der Waals surface area contributed by atoms with Crippen LogP contribution in [0.4, 0.5) is 13.2 Å². The molecule has 1 aromatic carbocycles. The van der Waals surface area contributed by atoms with Crippen LogP contribution < -0.4 is 10.6 Å². The number of alkyl halides is 3. The summed E-state index contributed by atoms with van der Waals surface area (Å²) in [6.45, 7) is 3.27. The summed E-state index contributed by atoms with van der Waals surface area (Å²) >= 11 is 0. The van der Waals surface area contributed by atoms with Crippen LogP contribution in [0, 0.1) is 0 Å². The third-order valence-corrected chi connectivity index (χ3v) is 4.05. The Morgan fingerprint density at radius 1 is 1.25 bits per heavy atom. The van der Waals surface area contributed by atoms with Gasteiger partial charge in [-0.05, 0) is 24.1 Å². The highest BCUT2D eigenvalue weighted by Gasteiger charge is 2.43. The molecule has 2 rings (SSSR count). The molecule has 2 N–H and O–H groups in total. The molecular weight excluding hydrogens is 343 g/mol. The molecule has 1 saturated heterocycles. The second kappa shape index (κ2) is 9.25. The number of nitrogens with zero attached hydrogens (tertiary/aromatic N) is 1. The number of nitrogens with one attached hydrogen (secondary N) is 2. The van der Waals surface area contributed by atoms with Gasteiger partial charge in [0, 0.05) is 38.3 Å². The lowest BCUT2D eigenvalue weighted by atomic mass is 10.1. The van der Waals surface area contributed by atoms with Gasteiger partial charge >= 0.3 is 6.18 Å². The van der Waals surface area contributed by atoms with Crippen molar-refractivity contribution in [2.75, 3.05) is 32.7 Å². The fourth-order valence-electron chi connectivity index (χ4n) is 2.63. The van der Waals surface area contributed by atoms with E-state index in [2.05, 4.69) is 10.6 Å². The second-order valence-electron chi connectivity index (χ2n) is 5.60. The third kappa shape index (κ3) is 5.65. The van der Waals surface area contributed by atoms with Crippen molar-refractivity contribution in [3.05, 3.63) is 35.4 Å². The van der Waals surface area contributed by atoms with Gasteiger partial charge in [0.25, 0.3) is 5.91 Å². The predicted octanol–water partition coefficient (Wildman–Crippen LogP) is 2.24. The highest BCUT2D eigenvalue weighted by molar-refractivity contribution is 5.94. The molecule has 1 aromatic rings. The Morgan fingerprint density at radius 2 is 1.83 bits per heavy atom. The molecule has 1 unspecified atom stereocenters. The van der Waals surface area contributed by atoms with E-state index in [1.54, 1.807) is 12.1 Å². The molecule has 1 aliphatic rings. The molecule has 0 aliphatic carbocycles. The minimum Gasteiger partial charge on any atom is -0.350 e. The van der Waals surface area contributed by atoms with Gasteiger partial charge in [-0.1, -0.05) is 19.1 Å². The average molecular weight is 366 g/mol. The van der Waals surface area contributed by atoms with Gasteiger partial charge in [-0.15, -0.1) is 12.4 Å². The quantitative estimate of drug-likeness (QED) is 0.841. The number of hydrogen-bond acceptors (Lipinski definition) is 3. The van der Waals surface area contributed by atoms with Crippen molar-refractivity contribution in [2.24, 2.45) is 0 Å². The van der Waals surface area contributed by atoms with Crippen LogP contribution in [0.3, 0.4) is 0 Å². The Bertz CT molecular complexity index is 516. The van der Waals surface area contributed by atoms with Crippen molar-refractivity contribution >= 4 is 18.3 Å². The average Bonchev–Trinajstić information content (AvgIpc) is 2.54. The molecule has 24 heavy (non-hydrogen) atoms. The van der Waals surface area contributed by atoms with Gasteiger partial charge in [0.05, 0.1) is 0 Å². The van der Waals surface area contributed by atoms with E-state index < -0.39 is 24.7 Å². The van der Waals surface area contributed by atoms with Crippen LogP contribution in [-0.2, 0) is 6.42 Å². The van der Waals surface area contributed by atoms with Crippen molar-refractivity contribution in [3.63, 3.8) is 0 Å². The van der Waals surface area contributed by atoms with Crippen LogP contribution in [0.1, 0.15) is 22.8 Å². The van der Waals surface area contributed by atoms with Crippen molar-refractivity contribution in [3.8, 4) is 0 Å². The van der Waals surface area contributed by atoms with E-state index >= 15 is 0 Å². The Balaban J connectivity index is 0.00000288. The Kier molecular flexibility index (Phi) is 7.99. The van der Waals surface area contributed by atoms with E-state index in [-0.39, 0.29) is 12.4 Å². The van der Waals surface area contributed by atoms with Crippen molar-refractivity contribution in [1.82, 2.24) is 15.5 Å². The standard InChI is InChI=1S/C16H22F3N3O.ClH/c1-2-12-3-5-13(6-4-12)15(23)21-11-14(16(17,18)19)22-9-7-20-8-10-22;/h3-6,14,20H,2,7-11H2,1H3,(H,21,23);1H. The maximum absolute atomic E-state index is 13.2. The van der Waals surface area contributed by atoms with Crippen LogP contribution >= 0.6 is 12.4 Å². The first-order valence-corrected chi connectivity index (χ1v) is 7.80. The molecule has 0 bridgehead atoms. The van der Waals surface area contributed by atoms with Gasteiger partial charge in [-0.2, -0.15) is 13.2 Å². The van der Waals surface area contributed by atoms with E-state index in [1.807, 2.05) is 19.1 Å². The summed E-state index contributed by atoms with van der Waals surface area (Å²) in [4.78, 5) is 13.4. The lowest BCUT2D eigenvalue weighted by molar-refractivity contribution is -0.183. The molecule has 0 radical (unpaired) electrons. The lowest BCUT2D eigenvalue weighted by Gasteiger charge is -2.35. The third-order valence-electron chi connectivity index (χ3n) is 4.05. The number of carbonyl (C=O) groups excluding carboxylic acids is 1. The van der Waals surface area contributed by atoms with Gasteiger partial charge in [-0.25, -0.2) is 0 Å². The van der Waals surface area contributed by atoms with E-state index in [0.29, 0.717) is 31.7 Å². The summed E-state index contributed by atoms with van der Waals surface area (Å²) in [6, 6.07) is 5.26. The predicted molar refractivity (Wildman–Crippen MR) is 89.7 cm³/mol. The summed E-state index contributed by atoms with van der Waals surface area (Å²) < 4.78 is 39.7. The number of rotatable bonds is 5. The molecule has 1 atom stereocenters. The summed E-state index contributed by atoms with van der Waals surface area (Å²) in [5, 5.41) is 5.45. The topological polar surface area (TPSA) is 44.4 Å². The highest BCUT2D eigenvalue weighted by Crippen LogP contribution is 2.24. The van der Waals surface area contributed by atoms with E-state index in [4.69, 9.17) is 0 Å². The largest absolute Gasteiger partial charge is 0.405 e. The molecule has 8 heteroatoms. The first kappa shape index (κ1) is 20.7. The van der Waals surface area contributed by atoms with Gasteiger partial charge in [0.2, 0.25) is 0 Å². The molecule has 1 heterocycles. The number of amides is 1. The minimum absolute atomic E-state index is 0. The van der Waals surface area contributed by atoms with Crippen molar-refractivity contribution in [1.29, 1.82) is 0 Å². The molecule has 1 aliphatic heterocycles. The first-order valence-electron chi connectivity index (χ1n) is 7.80. The Morgan fingerprint density at radius 3 is 2.33 bits per heavy atom. The fraction of sp³-hybridized carbons (Fsp3) is 0.562. The van der Waals surface area contributed by atoms with Crippen molar-refractivity contribution in [2.45, 2.75) is 25.6 Å². The molecule has 136 valence electrons. The summed E-state index contributed by atoms with van der Waals surface area (Å²) in [5.74, 6) is -0.475. The van der Waals surface area contributed by atoms with Gasteiger partial charge in [0.15, 0.2) is 0 Å². The molecule has 0 saturated carbocycles. The number of aryl methyl sites for hydroxylation is 1. The first-order chi connectivity index (χ1) is 10.9. The maximum atomic E-state index is 13.2. The molecule has 0 aromatic heterocycles. The smallest absolute Gasteiger partial charge is 0.350 e. The second-order valence-corrected chi connectivity index (χ2v) is 5.60. The monoisotopic (exact) mass is 365 g/mol. The number of hydrogen-bond donors (Lipinski definition) is 2. The van der Waals surface area contributed by atoms with Gasteiger partial charge in [0.1, 0.15) is 6.04 Å². The normalized spacial score (nSPS) is 17.0. The molecule has 1 fully saturated rings. The highest BCUT2D eigenvalue weighted by atomic mass is 35.5. The number of halogens is 4.